The highest BCUT2D eigenvalue weighted by molar-refractivity contribution is 8.12. The molecule has 2 heterocycles. The molecule has 1 saturated carbocycles. The van der Waals surface area contributed by atoms with Crippen molar-refractivity contribution in [2.75, 3.05) is 0 Å². The van der Waals surface area contributed by atoms with Crippen LogP contribution in [0.4, 0.5) is 0 Å². The van der Waals surface area contributed by atoms with Crippen LogP contribution in [-0.4, -0.2) is 20.4 Å². The van der Waals surface area contributed by atoms with E-state index in [-0.39, 0.29) is 17.9 Å². The molecule has 82 valence electrons. The molecule has 15 heavy (non-hydrogen) atoms. The van der Waals surface area contributed by atoms with E-state index < -0.39 is 9.24 Å². The summed E-state index contributed by atoms with van der Waals surface area (Å²) in [5.74, 6) is 1.35. The predicted molar refractivity (Wildman–Crippen MR) is 55.9 cm³/mol. The molecule has 4 atom stereocenters. The van der Waals surface area contributed by atoms with Gasteiger partial charge in [-0.25, -0.2) is 0 Å². The summed E-state index contributed by atoms with van der Waals surface area (Å²) >= 11 is 0. The van der Waals surface area contributed by atoms with Crippen LogP contribution in [-0.2, 0) is 14.0 Å². The topological polar surface area (TPSA) is 55.7 Å². The Bertz CT molecular complexity index is 456. The zero-order valence-corrected chi connectivity index (χ0v) is 9.41. The van der Waals surface area contributed by atoms with Crippen LogP contribution in [0, 0.1) is 17.8 Å². The third kappa shape index (κ3) is 1.49. The van der Waals surface area contributed by atoms with Crippen LogP contribution in [0.15, 0.2) is 16.5 Å². The molecule has 2 aliphatic carbocycles. The highest BCUT2D eigenvalue weighted by atomic mass is 35.7. The molecular weight excluding hydrogens is 238 g/mol. The van der Waals surface area contributed by atoms with E-state index in [2.05, 4.69) is 4.40 Å². The van der Waals surface area contributed by atoms with Gasteiger partial charge in [-0.3, -0.25) is 0 Å². The summed E-state index contributed by atoms with van der Waals surface area (Å²) in [7, 11) is 1.22. The Labute approximate surface area is 92.5 Å². The van der Waals surface area contributed by atoms with Gasteiger partial charge in [-0.1, -0.05) is 6.08 Å². The van der Waals surface area contributed by atoms with Crippen LogP contribution in [0.5, 0.6) is 0 Å². The normalized spacial score (nSPS) is 44.7. The van der Waals surface area contributed by atoms with Gasteiger partial charge in [-0.05, 0) is 24.8 Å². The highest BCUT2D eigenvalue weighted by Gasteiger charge is 2.50. The molecule has 0 aromatic carbocycles. The minimum absolute atomic E-state index is 0.00548. The molecule has 6 heteroatoms. The third-order valence-corrected chi connectivity index (χ3v) is 4.12. The zero-order chi connectivity index (χ0) is 10.6. The maximum Gasteiger partial charge on any atom is 0.342 e. The van der Waals surface area contributed by atoms with E-state index in [1.54, 1.807) is 0 Å². The average molecular weight is 248 g/mol. The molecule has 0 N–H and O–H groups in total. The summed E-state index contributed by atoms with van der Waals surface area (Å²) in [4.78, 5) is 0. The number of halogens is 1. The van der Waals surface area contributed by atoms with Crippen molar-refractivity contribution in [2.24, 2.45) is 22.2 Å². The van der Waals surface area contributed by atoms with Gasteiger partial charge in [0, 0.05) is 16.6 Å². The van der Waals surface area contributed by atoms with Crippen LogP contribution in [0.3, 0.4) is 0 Å². The van der Waals surface area contributed by atoms with Crippen molar-refractivity contribution in [1.29, 1.82) is 0 Å². The van der Waals surface area contributed by atoms with Crippen molar-refractivity contribution in [3.05, 3.63) is 12.2 Å². The number of nitrogens with zero attached hydrogens (tertiary/aromatic N) is 1. The Balaban J connectivity index is 1.97. The number of rotatable bonds is 1. The summed E-state index contributed by atoms with van der Waals surface area (Å²) in [5.41, 5.74) is 0. The van der Waals surface area contributed by atoms with E-state index in [1.807, 2.05) is 12.2 Å². The first-order valence-electron chi connectivity index (χ1n) is 4.94. The van der Waals surface area contributed by atoms with E-state index in [9.17, 15) is 8.42 Å². The van der Waals surface area contributed by atoms with Crippen LogP contribution in [0.25, 0.3) is 0 Å². The minimum atomic E-state index is -3.86. The molecule has 4 aliphatic rings. The van der Waals surface area contributed by atoms with Gasteiger partial charge in [0.2, 0.25) is 5.90 Å². The molecule has 4 rings (SSSR count). The van der Waals surface area contributed by atoms with Crippen molar-refractivity contribution >= 4 is 25.8 Å². The fourth-order valence-corrected chi connectivity index (χ4v) is 3.30. The van der Waals surface area contributed by atoms with Gasteiger partial charge in [-0.15, -0.1) is 4.40 Å². The monoisotopic (exact) mass is 247 g/mol. The molecule has 0 spiro atoms. The lowest BCUT2D eigenvalue weighted by atomic mass is 9.60. The lowest BCUT2D eigenvalue weighted by Gasteiger charge is -2.51. The molecule has 0 radical (unpaired) electrons. The fraction of sp³-hybridized carbons (Fsp3) is 0.667. The Morgan fingerprint density at radius 2 is 2.07 bits per heavy atom. The van der Waals surface area contributed by atoms with E-state index in [4.69, 9.17) is 15.4 Å². The second-order valence-corrected chi connectivity index (χ2v) is 6.42. The molecule has 2 fully saturated rings. The summed E-state index contributed by atoms with van der Waals surface area (Å²) in [6, 6.07) is 0. The lowest BCUT2D eigenvalue weighted by Crippen LogP contribution is -2.52. The van der Waals surface area contributed by atoms with E-state index in [0.29, 0.717) is 11.8 Å². The second-order valence-electron chi connectivity index (χ2n) is 4.24. The van der Waals surface area contributed by atoms with Gasteiger partial charge in [0.05, 0.1) is 5.92 Å². The van der Waals surface area contributed by atoms with E-state index >= 15 is 0 Å². The summed E-state index contributed by atoms with van der Waals surface area (Å²) in [6.45, 7) is 0. The molecule has 0 aromatic heterocycles. The highest BCUT2D eigenvalue weighted by Crippen LogP contribution is 2.50. The van der Waals surface area contributed by atoms with E-state index in [0.717, 1.165) is 12.8 Å². The fourth-order valence-electron chi connectivity index (χ4n) is 2.72. The molecule has 4 nitrogen and oxygen atoms in total. The zero-order valence-electron chi connectivity index (χ0n) is 7.84. The molecule has 2 aliphatic heterocycles. The van der Waals surface area contributed by atoms with Gasteiger partial charge >= 0.3 is 9.24 Å². The Morgan fingerprint density at radius 1 is 1.33 bits per heavy atom. The molecule has 0 aromatic rings. The minimum Gasteiger partial charge on any atom is -0.472 e. The third-order valence-electron chi connectivity index (χ3n) is 3.52. The smallest absolute Gasteiger partial charge is 0.342 e. The summed E-state index contributed by atoms with van der Waals surface area (Å²) in [6.07, 6.45) is 6.30. The predicted octanol–water partition coefficient (Wildman–Crippen LogP) is 1.48. The van der Waals surface area contributed by atoms with Crippen molar-refractivity contribution < 1.29 is 13.2 Å². The number of fused-ring (bicyclic) bond motifs is 1. The Hall–Kier alpha value is -0.550. The molecular formula is C9H10ClNO3S. The van der Waals surface area contributed by atoms with Crippen LogP contribution < -0.4 is 0 Å². The van der Waals surface area contributed by atoms with Gasteiger partial charge < -0.3 is 4.74 Å². The van der Waals surface area contributed by atoms with Gasteiger partial charge in [0.1, 0.15) is 6.10 Å². The first-order chi connectivity index (χ1) is 7.04. The van der Waals surface area contributed by atoms with Crippen molar-refractivity contribution in [3.8, 4) is 0 Å². The van der Waals surface area contributed by atoms with Crippen molar-refractivity contribution in [1.82, 2.24) is 0 Å². The Kier molecular flexibility index (Phi) is 1.92. The maximum atomic E-state index is 10.9. The maximum absolute atomic E-state index is 10.9. The molecule has 2 bridgehead atoms. The van der Waals surface area contributed by atoms with Gasteiger partial charge in [-0.2, -0.15) is 8.42 Å². The standard InChI is InChI=1S/C9H10ClNO3S/c10-15(12,13)11-9-7-3-4-8(14-9)6-2-1-5(6)7/h3-8H,1-2H2/b11-9+/t5-,6+,7+,8+/m0/s1. The van der Waals surface area contributed by atoms with E-state index in [1.165, 1.54) is 0 Å². The number of hydrogen-bond acceptors (Lipinski definition) is 3. The quantitative estimate of drug-likeness (QED) is 0.521. The van der Waals surface area contributed by atoms with Crippen molar-refractivity contribution in [3.63, 3.8) is 0 Å². The van der Waals surface area contributed by atoms with Crippen molar-refractivity contribution in [2.45, 2.75) is 18.9 Å². The van der Waals surface area contributed by atoms with Crippen LogP contribution in [0.2, 0.25) is 0 Å². The number of ether oxygens (including phenoxy) is 1. The Morgan fingerprint density at radius 3 is 2.60 bits per heavy atom. The van der Waals surface area contributed by atoms with Crippen LogP contribution >= 0.6 is 10.7 Å². The second kappa shape index (κ2) is 2.98. The average Bonchev–Trinajstić information content (AvgIpc) is 2.02. The number of hydrogen-bond donors (Lipinski definition) is 0. The summed E-state index contributed by atoms with van der Waals surface area (Å²) in [5, 5.41) is 0. The summed E-state index contributed by atoms with van der Waals surface area (Å²) < 4.78 is 30.7. The van der Waals surface area contributed by atoms with Crippen LogP contribution in [0.1, 0.15) is 12.8 Å². The largest absolute Gasteiger partial charge is 0.472 e. The van der Waals surface area contributed by atoms with Gasteiger partial charge in [0.25, 0.3) is 0 Å². The SMILES string of the molecule is O=S(=O)(Cl)/N=C1/O[C@@H]2C=C[C@@H]1[C@H]1CC[C@H]12. The molecule has 0 amide bonds. The van der Waals surface area contributed by atoms with Gasteiger partial charge in [0.15, 0.2) is 0 Å². The first-order valence-corrected chi connectivity index (χ1v) is 7.21. The molecule has 1 saturated heterocycles. The first kappa shape index (κ1) is 9.66. The lowest BCUT2D eigenvalue weighted by molar-refractivity contribution is -0.0131. The molecule has 0 unspecified atom stereocenters.